The summed E-state index contributed by atoms with van der Waals surface area (Å²) in [6.45, 7) is 6.49. The molecule has 0 heterocycles. The first-order valence-corrected chi connectivity index (χ1v) is 23.4. The second kappa shape index (κ2) is 44.8. The lowest BCUT2D eigenvalue weighted by atomic mass is 10.1. The minimum absolute atomic E-state index is 0.0804. The number of rotatable bonds is 41. The second-order valence-corrected chi connectivity index (χ2v) is 15.4. The summed E-state index contributed by atoms with van der Waals surface area (Å²) in [5, 5.41) is 0. The van der Waals surface area contributed by atoms with Crippen LogP contribution >= 0.6 is 0 Å². The van der Waals surface area contributed by atoms with Gasteiger partial charge in [-0.15, -0.1) is 0 Å². The van der Waals surface area contributed by atoms with Crippen LogP contribution in [0.2, 0.25) is 0 Å². The van der Waals surface area contributed by atoms with Gasteiger partial charge in [-0.05, 0) is 38.5 Å². The van der Waals surface area contributed by atoms with Crippen LogP contribution in [0, 0.1) is 0 Å². The van der Waals surface area contributed by atoms with Gasteiger partial charge in [0.1, 0.15) is 13.2 Å². The zero-order chi connectivity index (χ0) is 40.8. The summed E-state index contributed by atoms with van der Waals surface area (Å²) in [4.78, 5) is 37.7. The molecule has 322 valence electrons. The molecule has 0 radical (unpaired) electrons. The fourth-order valence-electron chi connectivity index (χ4n) is 6.35. The Kier molecular flexibility index (Phi) is 42.5. The minimum atomic E-state index is -0.778. The summed E-state index contributed by atoms with van der Waals surface area (Å²) in [6.07, 6.45) is 53.4. The third-order valence-corrected chi connectivity index (χ3v) is 9.88. The van der Waals surface area contributed by atoms with Crippen molar-refractivity contribution in [2.75, 3.05) is 13.2 Å². The lowest BCUT2D eigenvalue weighted by molar-refractivity contribution is -0.167. The summed E-state index contributed by atoms with van der Waals surface area (Å²) < 4.78 is 16.7. The average Bonchev–Trinajstić information content (AvgIpc) is 3.19. The minimum Gasteiger partial charge on any atom is -0.462 e. The molecule has 0 spiro atoms. The van der Waals surface area contributed by atoms with Crippen LogP contribution in [-0.4, -0.2) is 37.2 Å². The summed E-state index contributed by atoms with van der Waals surface area (Å²) in [6, 6.07) is 0. The van der Waals surface area contributed by atoms with Crippen molar-refractivity contribution >= 4 is 17.9 Å². The normalized spacial score (nSPS) is 12.6. The number of ether oxygens (including phenoxy) is 3. The molecule has 0 saturated carbocycles. The highest BCUT2D eigenvalue weighted by Crippen LogP contribution is 2.14. The topological polar surface area (TPSA) is 78.9 Å². The number of unbranched alkanes of at least 4 members (excludes halogenated alkanes) is 24. The highest BCUT2D eigenvalue weighted by atomic mass is 16.6. The van der Waals surface area contributed by atoms with Gasteiger partial charge in [0.15, 0.2) is 6.10 Å². The van der Waals surface area contributed by atoms with Crippen LogP contribution in [0.4, 0.5) is 0 Å². The Morgan fingerprint density at radius 1 is 0.357 bits per heavy atom. The van der Waals surface area contributed by atoms with Crippen molar-refractivity contribution in [1.82, 2.24) is 0 Å². The molecule has 0 saturated heterocycles. The highest BCUT2D eigenvalue weighted by Gasteiger charge is 2.19. The van der Waals surface area contributed by atoms with E-state index < -0.39 is 6.10 Å². The first-order chi connectivity index (χ1) is 27.5. The fourth-order valence-corrected chi connectivity index (χ4v) is 6.35. The lowest BCUT2D eigenvalue weighted by Crippen LogP contribution is -2.30. The molecule has 0 rings (SSSR count). The Balaban J connectivity index is 4.38. The standard InChI is InChI=1S/C50H86O6/c1-4-7-10-13-16-19-22-23-24-25-26-27-28-29-32-34-37-40-43-49(52)55-46-47(56-50(53)44-41-38-35-31-21-18-15-12-9-6-3)45-54-48(51)42-39-36-33-30-20-17-14-11-8-5-2/h10,13,16,19,22-27,47H,4-9,11-12,14-15,17-18,20-21,28-46H2,1-3H3/b13-10-,19-16-,23-22-,25-24-,27-26-. The van der Waals surface area contributed by atoms with Crippen molar-refractivity contribution in [3.8, 4) is 0 Å². The van der Waals surface area contributed by atoms with Crippen molar-refractivity contribution in [2.24, 2.45) is 0 Å². The third-order valence-electron chi connectivity index (χ3n) is 9.88. The first-order valence-electron chi connectivity index (χ1n) is 23.4. The van der Waals surface area contributed by atoms with E-state index in [-0.39, 0.29) is 31.1 Å². The van der Waals surface area contributed by atoms with Gasteiger partial charge in [-0.3, -0.25) is 14.4 Å². The van der Waals surface area contributed by atoms with Gasteiger partial charge in [0.25, 0.3) is 0 Å². The number of esters is 3. The molecule has 0 aromatic rings. The van der Waals surface area contributed by atoms with Gasteiger partial charge in [-0.25, -0.2) is 0 Å². The number of carbonyl (C=O) groups excluding carboxylic acids is 3. The summed E-state index contributed by atoms with van der Waals surface area (Å²) in [5.41, 5.74) is 0. The van der Waals surface area contributed by atoms with E-state index in [1.54, 1.807) is 0 Å². The summed E-state index contributed by atoms with van der Waals surface area (Å²) >= 11 is 0. The molecular weight excluding hydrogens is 697 g/mol. The molecule has 0 aliphatic rings. The highest BCUT2D eigenvalue weighted by molar-refractivity contribution is 5.71. The van der Waals surface area contributed by atoms with Crippen molar-refractivity contribution in [3.63, 3.8) is 0 Å². The largest absolute Gasteiger partial charge is 0.462 e. The Bertz CT molecular complexity index is 1040. The van der Waals surface area contributed by atoms with E-state index in [1.165, 1.54) is 96.3 Å². The van der Waals surface area contributed by atoms with Crippen LogP contribution in [0.25, 0.3) is 0 Å². The van der Waals surface area contributed by atoms with E-state index in [2.05, 4.69) is 57.2 Å². The molecule has 6 heteroatoms. The van der Waals surface area contributed by atoms with Crippen LogP contribution in [-0.2, 0) is 28.6 Å². The molecule has 0 aliphatic carbocycles. The Hall–Kier alpha value is -2.89. The number of hydrogen-bond donors (Lipinski definition) is 0. The summed E-state index contributed by atoms with van der Waals surface area (Å²) in [5.74, 6) is -0.909. The first kappa shape index (κ1) is 53.1. The molecule has 0 amide bonds. The van der Waals surface area contributed by atoms with Crippen LogP contribution in [0.1, 0.15) is 220 Å². The van der Waals surface area contributed by atoms with E-state index in [0.717, 1.165) is 83.5 Å². The van der Waals surface area contributed by atoms with Crippen LogP contribution in [0.3, 0.4) is 0 Å². The van der Waals surface area contributed by atoms with Gasteiger partial charge in [-0.2, -0.15) is 0 Å². The van der Waals surface area contributed by atoms with Crippen LogP contribution < -0.4 is 0 Å². The maximum atomic E-state index is 12.7. The van der Waals surface area contributed by atoms with Crippen LogP contribution in [0.15, 0.2) is 60.8 Å². The summed E-state index contributed by atoms with van der Waals surface area (Å²) in [7, 11) is 0. The molecule has 0 fully saturated rings. The molecule has 1 atom stereocenters. The van der Waals surface area contributed by atoms with E-state index >= 15 is 0 Å². The molecular formula is C50H86O6. The van der Waals surface area contributed by atoms with Crippen LogP contribution in [0.5, 0.6) is 0 Å². The predicted octanol–water partition coefficient (Wildman–Crippen LogP) is 14.9. The van der Waals surface area contributed by atoms with Gasteiger partial charge < -0.3 is 14.2 Å². The number of carbonyl (C=O) groups is 3. The lowest BCUT2D eigenvalue weighted by Gasteiger charge is -2.18. The van der Waals surface area contributed by atoms with E-state index in [1.807, 2.05) is 24.3 Å². The maximum absolute atomic E-state index is 12.7. The van der Waals surface area contributed by atoms with E-state index in [0.29, 0.717) is 19.3 Å². The Labute approximate surface area is 345 Å². The SMILES string of the molecule is CCC\C=C/C=C\C=C/C=C\C=C/CCCCCCCC(=O)OCC(COC(=O)CCCCCCCCCCCC)OC(=O)CCCCCCCCCCCC. The van der Waals surface area contributed by atoms with Crippen molar-refractivity contribution in [2.45, 2.75) is 226 Å². The monoisotopic (exact) mass is 783 g/mol. The van der Waals surface area contributed by atoms with Crippen molar-refractivity contribution < 1.29 is 28.6 Å². The molecule has 0 N–H and O–H groups in total. The molecule has 0 aromatic heterocycles. The van der Waals surface area contributed by atoms with Gasteiger partial charge in [0, 0.05) is 19.3 Å². The second-order valence-electron chi connectivity index (χ2n) is 15.4. The van der Waals surface area contributed by atoms with Gasteiger partial charge in [-0.1, -0.05) is 223 Å². The van der Waals surface area contributed by atoms with Gasteiger partial charge in [0.2, 0.25) is 0 Å². The molecule has 0 bridgehead atoms. The predicted molar refractivity (Wildman–Crippen MR) is 238 cm³/mol. The molecule has 0 aromatic carbocycles. The average molecular weight is 783 g/mol. The Morgan fingerprint density at radius 3 is 1.07 bits per heavy atom. The number of allylic oxidation sites excluding steroid dienone is 10. The fraction of sp³-hybridized carbons (Fsp3) is 0.740. The zero-order valence-electron chi connectivity index (χ0n) is 36.6. The van der Waals surface area contributed by atoms with Crippen molar-refractivity contribution in [1.29, 1.82) is 0 Å². The molecule has 1 unspecified atom stereocenters. The quantitative estimate of drug-likeness (QED) is 0.0266. The van der Waals surface area contributed by atoms with E-state index in [9.17, 15) is 14.4 Å². The Morgan fingerprint density at radius 2 is 0.679 bits per heavy atom. The van der Waals surface area contributed by atoms with Crippen molar-refractivity contribution in [3.05, 3.63) is 60.8 Å². The van der Waals surface area contributed by atoms with Gasteiger partial charge >= 0.3 is 17.9 Å². The number of hydrogen-bond acceptors (Lipinski definition) is 6. The smallest absolute Gasteiger partial charge is 0.306 e. The molecule has 0 aliphatic heterocycles. The maximum Gasteiger partial charge on any atom is 0.306 e. The molecule has 6 nitrogen and oxygen atoms in total. The van der Waals surface area contributed by atoms with E-state index in [4.69, 9.17) is 14.2 Å². The third kappa shape index (κ3) is 42.3. The zero-order valence-corrected chi connectivity index (χ0v) is 36.6. The molecule has 56 heavy (non-hydrogen) atoms. The van der Waals surface area contributed by atoms with Gasteiger partial charge in [0.05, 0.1) is 0 Å².